The largest absolute Gasteiger partial charge is 0.497 e. The smallest absolute Gasteiger partial charge is 0.240 e. The van der Waals surface area contributed by atoms with Crippen molar-refractivity contribution in [3.05, 3.63) is 60.3 Å². The van der Waals surface area contributed by atoms with E-state index in [0.717, 1.165) is 16.9 Å². The number of sulfonamides is 1. The minimum atomic E-state index is -3.62. The lowest BCUT2D eigenvalue weighted by molar-refractivity contribution is 0.301. The van der Waals surface area contributed by atoms with Crippen molar-refractivity contribution in [2.45, 2.75) is 11.4 Å². The van der Waals surface area contributed by atoms with Crippen LogP contribution in [0, 0.1) is 0 Å². The first-order valence-corrected chi connectivity index (χ1v) is 9.74. The first-order chi connectivity index (χ1) is 13.0. The third kappa shape index (κ3) is 4.70. The Kier molecular flexibility index (Phi) is 5.84. The van der Waals surface area contributed by atoms with Crippen LogP contribution in [0.3, 0.4) is 0 Å². The summed E-state index contributed by atoms with van der Waals surface area (Å²) in [5.74, 6) is 0.793. The number of nitrogens with zero attached hydrogens (tertiary/aromatic N) is 3. The Morgan fingerprint density at radius 2 is 1.81 bits per heavy atom. The van der Waals surface area contributed by atoms with Gasteiger partial charge in [-0.3, -0.25) is 0 Å². The molecule has 2 N–H and O–H groups in total. The normalized spacial score (nSPS) is 11.5. The highest BCUT2D eigenvalue weighted by Gasteiger charge is 2.13. The van der Waals surface area contributed by atoms with E-state index < -0.39 is 10.0 Å². The summed E-state index contributed by atoms with van der Waals surface area (Å²) >= 11 is 0. The van der Waals surface area contributed by atoms with E-state index in [9.17, 15) is 8.42 Å². The van der Waals surface area contributed by atoms with E-state index in [4.69, 9.17) is 9.84 Å². The van der Waals surface area contributed by atoms with E-state index in [1.54, 1.807) is 30.1 Å². The number of ether oxygens (including phenoxy) is 1. The van der Waals surface area contributed by atoms with Gasteiger partial charge in [-0.05, 0) is 29.8 Å². The Morgan fingerprint density at radius 3 is 2.44 bits per heavy atom. The standard InChI is InChI=1S/C18H20N4O4S/c1-26-16-6-2-14(3-7-16)12-22-13-18(20-21-22)15-4-8-17(9-5-15)27(24,25)19-10-11-23/h2-9,13,19,23H,10-12H2,1H3. The van der Waals surface area contributed by atoms with E-state index in [2.05, 4.69) is 15.0 Å². The van der Waals surface area contributed by atoms with Gasteiger partial charge in [-0.2, -0.15) is 0 Å². The molecule has 0 saturated heterocycles. The highest BCUT2D eigenvalue weighted by molar-refractivity contribution is 7.89. The van der Waals surface area contributed by atoms with E-state index in [-0.39, 0.29) is 18.0 Å². The molecule has 0 atom stereocenters. The molecule has 0 spiro atoms. The fourth-order valence-electron chi connectivity index (χ4n) is 2.49. The number of hydrogen-bond acceptors (Lipinski definition) is 6. The first kappa shape index (κ1) is 19.0. The second kappa shape index (κ2) is 8.30. The van der Waals surface area contributed by atoms with Crippen molar-refractivity contribution in [3.8, 4) is 17.0 Å². The number of benzene rings is 2. The Bertz CT molecular complexity index is 983. The van der Waals surface area contributed by atoms with Crippen molar-refractivity contribution >= 4 is 10.0 Å². The van der Waals surface area contributed by atoms with Gasteiger partial charge in [-0.15, -0.1) is 5.10 Å². The number of aliphatic hydroxyl groups excluding tert-OH is 1. The molecule has 142 valence electrons. The van der Waals surface area contributed by atoms with Crippen molar-refractivity contribution < 1.29 is 18.3 Å². The second-order valence-electron chi connectivity index (χ2n) is 5.80. The lowest BCUT2D eigenvalue weighted by Gasteiger charge is -2.05. The summed E-state index contributed by atoms with van der Waals surface area (Å²) in [5, 5.41) is 17.0. The van der Waals surface area contributed by atoms with Crippen molar-refractivity contribution in [3.63, 3.8) is 0 Å². The van der Waals surface area contributed by atoms with Crippen molar-refractivity contribution in [1.29, 1.82) is 0 Å². The fourth-order valence-corrected chi connectivity index (χ4v) is 3.52. The molecular formula is C18H20N4O4S. The molecule has 3 aromatic rings. The van der Waals surface area contributed by atoms with Crippen LogP contribution in [0.15, 0.2) is 59.6 Å². The van der Waals surface area contributed by atoms with Gasteiger partial charge < -0.3 is 9.84 Å². The number of rotatable bonds is 8. The van der Waals surface area contributed by atoms with Gasteiger partial charge in [-0.25, -0.2) is 17.8 Å². The molecule has 0 fully saturated rings. The highest BCUT2D eigenvalue weighted by atomic mass is 32.2. The summed E-state index contributed by atoms with van der Waals surface area (Å²) in [6.07, 6.45) is 1.80. The summed E-state index contributed by atoms with van der Waals surface area (Å²) in [7, 11) is -2.00. The molecule has 27 heavy (non-hydrogen) atoms. The summed E-state index contributed by atoms with van der Waals surface area (Å²) in [6, 6.07) is 14.0. The number of methoxy groups -OCH3 is 1. The molecule has 1 aromatic heterocycles. The van der Waals surface area contributed by atoms with Crippen LogP contribution in [0.25, 0.3) is 11.3 Å². The quantitative estimate of drug-likeness (QED) is 0.602. The van der Waals surface area contributed by atoms with Crippen LogP contribution in [-0.4, -0.2) is 48.8 Å². The number of aromatic nitrogens is 3. The van der Waals surface area contributed by atoms with E-state index in [1.165, 1.54) is 12.1 Å². The summed E-state index contributed by atoms with van der Waals surface area (Å²) in [6.45, 7) is 0.285. The molecule has 0 radical (unpaired) electrons. The maximum atomic E-state index is 12.0. The van der Waals surface area contributed by atoms with Gasteiger partial charge in [-0.1, -0.05) is 29.5 Å². The first-order valence-electron chi connectivity index (χ1n) is 8.26. The van der Waals surface area contributed by atoms with Crippen LogP contribution < -0.4 is 9.46 Å². The fraction of sp³-hybridized carbons (Fsp3) is 0.222. The predicted molar refractivity (Wildman–Crippen MR) is 99.8 cm³/mol. The highest BCUT2D eigenvalue weighted by Crippen LogP contribution is 2.19. The molecule has 3 rings (SSSR count). The van der Waals surface area contributed by atoms with Crippen molar-refractivity contribution in [1.82, 2.24) is 19.7 Å². The zero-order valence-electron chi connectivity index (χ0n) is 14.7. The van der Waals surface area contributed by atoms with Gasteiger partial charge in [0, 0.05) is 12.1 Å². The number of hydrogen-bond donors (Lipinski definition) is 2. The van der Waals surface area contributed by atoms with Crippen LogP contribution in [0.4, 0.5) is 0 Å². The van der Waals surface area contributed by atoms with Crippen molar-refractivity contribution in [2.75, 3.05) is 20.3 Å². The lowest BCUT2D eigenvalue weighted by Crippen LogP contribution is -2.26. The second-order valence-corrected chi connectivity index (χ2v) is 7.56. The van der Waals surface area contributed by atoms with Gasteiger partial charge in [0.25, 0.3) is 0 Å². The van der Waals surface area contributed by atoms with Gasteiger partial charge in [0.15, 0.2) is 0 Å². The Hall–Kier alpha value is -2.75. The van der Waals surface area contributed by atoms with Crippen LogP contribution in [0.1, 0.15) is 5.56 Å². The average Bonchev–Trinajstić information content (AvgIpc) is 3.15. The third-order valence-electron chi connectivity index (χ3n) is 3.91. The minimum absolute atomic E-state index is 0.0240. The topological polar surface area (TPSA) is 106 Å². The molecule has 0 bridgehead atoms. The van der Waals surface area contributed by atoms with Gasteiger partial charge in [0.05, 0.1) is 31.4 Å². The van der Waals surface area contributed by atoms with Crippen molar-refractivity contribution in [2.24, 2.45) is 0 Å². The van der Waals surface area contributed by atoms with Crippen LogP contribution in [0.2, 0.25) is 0 Å². The molecule has 0 amide bonds. The SMILES string of the molecule is COc1ccc(Cn2cc(-c3ccc(S(=O)(=O)NCCO)cc3)nn2)cc1. The third-order valence-corrected chi connectivity index (χ3v) is 5.38. The molecular weight excluding hydrogens is 368 g/mol. The molecule has 0 aliphatic rings. The van der Waals surface area contributed by atoms with Gasteiger partial charge in [0.2, 0.25) is 10.0 Å². The Balaban J connectivity index is 1.72. The van der Waals surface area contributed by atoms with E-state index in [0.29, 0.717) is 12.2 Å². The number of aliphatic hydroxyl groups is 1. The molecule has 0 saturated carbocycles. The van der Waals surface area contributed by atoms with Crippen LogP contribution in [0.5, 0.6) is 5.75 Å². The molecule has 8 nitrogen and oxygen atoms in total. The molecule has 0 aliphatic heterocycles. The van der Waals surface area contributed by atoms with E-state index in [1.807, 2.05) is 24.3 Å². The Labute approximate surface area is 157 Å². The van der Waals surface area contributed by atoms with Crippen LogP contribution >= 0.6 is 0 Å². The van der Waals surface area contributed by atoms with Crippen LogP contribution in [-0.2, 0) is 16.6 Å². The van der Waals surface area contributed by atoms with Gasteiger partial charge >= 0.3 is 0 Å². The average molecular weight is 388 g/mol. The molecule has 9 heteroatoms. The van der Waals surface area contributed by atoms with Gasteiger partial charge in [0.1, 0.15) is 11.4 Å². The molecule has 2 aromatic carbocycles. The number of nitrogens with one attached hydrogen (secondary N) is 1. The lowest BCUT2D eigenvalue weighted by atomic mass is 10.2. The van der Waals surface area contributed by atoms with E-state index >= 15 is 0 Å². The summed E-state index contributed by atoms with van der Waals surface area (Å²) in [4.78, 5) is 0.130. The maximum absolute atomic E-state index is 12.0. The molecule has 1 heterocycles. The maximum Gasteiger partial charge on any atom is 0.240 e. The molecule has 0 aliphatic carbocycles. The molecule has 0 unspecified atom stereocenters. The summed E-state index contributed by atoms with van der Waals surface area (Å²) < 4.78 is 33.2. The Morgan fingerprint density at radius 1 is 1.11 bits per heavy atom. The zero-order chi connectivity index (χ0) is 19.3. The monoisotopic (exact) mass is 388 g/mol. The minimum Gasteiger partial charge on any atom is -0.497 e. The zero-order valence-corrected chi connectivity index (χ0v) is 15.6. The summed E-state index contributed by atoms with van der Waals surface area (Å²) in [5.41, 5.74) is 2.47. The predicted octanol–water partition coefficient (Wildman–Crippen LogP) is 1.27.